The standard InChI is InChI=1S/C17H23N3/c1-3-10-18-17-9-8-15-14(6-5-7-16(15)17)13-11-19-20(4-2)12-13/h5-7,11-12,17-18H,3-4,8-10H2,1-2H3. The summed E-state index contributed by atoms with van der Waals surface area (Å²) in [5.41, 5.74) is 5.61. The Bertz CT molecular complexity index is 586. The van der Waals surface area contributed by atoms with E-state index in [2.05, 4.69) is 48.7 Å². The van der Waals surface area contributed by atoms with E-state index >= 15 is 0 Å². The van der Waals surface area contributed by atoms with Crippen LogP contribution in [0.1, 0.15) is 43.9 Å². The summed E-state index contributed by atoms with van der Waals surface area (Å²) >= 11 is 0. The number of nitrogens with zero attached hydrogens (tertiary/aromatic N) is 2. The molecule has 0 saturated carbocycles. The lowest BCUT2D eigenvalue weighted by Gasteiger charge is -2.14. The normalized spacial score (nSPS) is 17.4. The molecule has 0 fully saturated rings. The summed E-state index contributed by atoms with van der Waals surface area (Å²) in [6.07, 6.45) is 7.72. The van der Waals surface area contributed by atoms with Gasteiger partial charge in [0.1, 0.15) is 0 Å². The lowest BCUT2D eigenvalue weighted by molar-refractivity contribution is 0.529. The molecule has 1 atom stereocenters. The highest BCUT2D eigenvalue weighted by atomic mass is 15.3. The Labute approximate surface area is 121 Å². The Balaban J connectivity index is 1.93. The van der Waals surface area contributed by atoms with Gasteiger partial charge in [0, 0.05) is 24.3 Å². The topological polar surface area (TPSA) is 29.9 Å². The molecule has 0 spiro atoms. The number of hydrogen-bond donors (Lipinski definition) is 1. The van der Waals surface area contributed by atoms with Crippen molar-refractivity contribution in [3.05, 3.63) is 41.7 Å². The van der Waals surface area contributed by atoms with Crippen molar-refractivity contribution in [2.75, 3.05) is 6.54 Å². The zero-order chi connectivity index (χ0) is 13.9. The summed E-state index contributed by atoms with van der Waals surface area (Å²) in [6.45, 7) is 6.37. The van der Waals surface area contributed by atoms with Crippen LogP contribution in [0.25, 0.3) is 11.1 Å². The Hall–Kier alpha value is -1.61. The molecule has 2 aromatic rings. The van der Waals surface area contributed by atoms with Crippen molar-refractivity contribution in [2.24, 2.45) is 0 Å². The van der Waals surface area contributed by atoms with Crippen molar-refractivity contribution >= 4 is 0 Å². The Kier molecular flexibility index (Phi) is 3.88. The highest BCUT2D eigenvalue weighted by Gasteiger charge is 2.24. The summed E-state index contributed by atoms with van der Waals surface area (Å²) in [6, 6.07) is 7.23. The second-order valence-corrected chi connectivity index (χ2v) is 5.50. The number of benzene rings is 1. The maximum Gasteiger partial charge on any atom is 0.0568 e. The molecule has 0 aliphatic heterocycles. The molecular weight excluding hydrogens is 246 g/mol. The van der Waals surface area contributed by atoms with Crippen LogP contribution >= 0.6 is 0 Å². The van der Waals surface area contributed by atoms with Crippen LogP contribution in [0.4, 0.5) is 0 Å². The molecule has 1 N–H and O–H groups in total. The zero-order valence-electron chi connectivity index (χ0n) is 12.4. The molecule has 3 heteroatoms. The first kappa shape index (κ1) is 13.4. The van der Waals surface area contributed by atoms with Gasteiger partial charge in [0.05, 0.1) is 6.20 Å². The first-order valence-corrected chi connectivity index (χ1v) is 7.71. The minimum atomic E-state index is 0.533. The second-order valence-electron chi connectivity index (χ2n) is 5.50. The van der Waals surface area contributed by atoms with E-state index in [1.807, 2.05) is 10.9 Å². The maximum absolute atomic E-state index is 4.41. The van der Waals surface area contributed by atoms with E-state index in [1.165, 1.54) is 41.5 Å². The molecule has 1 aliphatic rings. The van der Waals surface area contributed by atoms with Crippen LogP contribution in [-0.4, -0.2) is 16.3 Å². The molecular formula is C17H23N3. The van der Waals surface area contributed by atoms with Gasteiger partial charge < -0.3 is 5.32 Å². The first-order chi connectivity index (χ1) is 9.83. The lowest BCUT2D eigenvalue weighted by atomic mass is 9.98. The van der Waals surface area contributed by atoms with Crippen LogP contribution in [-0.2, 0) is 13.0 Å². The molecule has 0 bridgehead atoms. The summed E-state index contributed by atoms with van der Waals surface area (Å²) in [5.74, 6) is 0. The summed E-state index contributed by atoms with van der Waals surface area (Å²) in [4.78, 5) is 0. The molecule has 0 saturated heterocycles. The van der Waals surface area contributed by atoms with Crippen LogP contribution in [0.15, 0.2) is 30.6 Å². The summed E-state index contributed by atoms with van der Waals surface area (Å²) in [5, 5.41) is 8.07. The number of aromatic nitrogens is 2. The molecule has 1 aromatic heterocycles. The number of fused-ring (bicyclic) bond motifs is 1. The lowest BCUT2D eigenvalue weighted by Crippen LogP contribution is -2.19. The fraction of sp³-hybridized carbons (Fsp3) is 0.471. The van der Waals surface area contributed by atoms with Gasteiger partial charge in [0.2, 0.25) is 0 Å². The Morgan fingerprint density at radius 3 is 3.00 bits per heavy atom. The van der Waals surface area contributed by atoms with Gasteiger partial charge in [0.25, 0.3) is 0 Å². The fourth-order valence-electron chi connectivity index (χ4n) is 3.13. The van der Waals surface area contributed by atoms with Crippen LogP contribution in [0.2, 0.25) is 0 Å². The van der Waals surface area contributed by atoms with Crippen molar-refractivity contribution in [3.63, 3.8) is 0 Å². The van der Waals surface area contributed by atoms with E-state index in [-0.39, 0.29) is 0 Å². The molecule has 1 unspecified atom stereocenters. The zero-order valence-corrected chi connectivity index (χ0v) is 12.4. The minimum absolute atomic E-state index is 0.533. The van der Waals surface area contributed by atoms with Gasteiger partial charge in [0.15, 0.2) is 0 Å². The van der Waals surface area contributed by atoms with E-state index in [4.69, 9.17) is 0 Å². The largest absolute Gasteiger partial charge is 0.310 e. The predicted octanol–water partition coefficient (Wildman–Crippen LogP) is 3.56. The average Bonchev–Trinajstić information content (AvgIpc) is 3.11. The molecule has 106 valence electrons. The molecule has 3 rings (SSSR count). The third-order valence-corrected chi connectivity index (χ3v) is 4.18. The third kappa shape index (κ3) is 2.38. The van der Waals surface area contributed by atoms with Crippen molar-refractivity contribution in [1.82, 2.24) is 15.1 Å². The smallest absolute Gasteiger partial charge is 0.0568 e. The van der Waals surface area contributed by atoms with Gasteiger partial charge in [-0.25, -0.2) is 0 Å². The number of hydrogen-bond acceptors (Lipinski definition) is 2. The molecule has 1 aromatic carbocycles. The number of rotatable bonds is 5. The van der Waals surface area contributed by atoms with Gasteiger partial charge in [-0.2, -0.15) is 5.10 Å². The van der Waals surface area contributed by atoms with E-state index in [0.717, 1.165) is 13.1 Å². The van der Waals surface area contributed by atoms with Crippen LogP contribution in [0, 0.1) is 0 Å². The molecule has 0 radical (unpaired) electrons. The van der Waals surface area contributed by atoms with Crippen LogP contribution in [0.3, 0.4) is 0 Å². The monoisotopic (exact) mass is 269 g/mol. The first-order valence-electron chi connectivity index (χ1n) is 7.71. The van der Waals surface area contributed by atoms with Crippen molar-refractivity contribution < 1.29 is 0 Å². The van der Waals surface area contributed by atoms with Crippen LogP contribution in [0.5, 0.6) is 0 Å². The van der Waals surface area contributed by atoms with Crippen LogP contribution < -0.4 is 5.32 Å². The van der Waals surface area contributed by atoms with Crippen molar-refractivity contribution in [2.45, 2.75) is 45.7 Å². The highest BCUT2D eigenvalue weighted by molar-refractivity contribution is 5.68. The summed E-state index contributed by atoms with van der Waals surface area (Å²) in [7, 11) is 0. The predicted molar refractivity (Wildman–Crippen MR) is 82.7 cm³/mol. The van der Waals surface area contributed by atoms with E-state index in [1.54, 1.807) is 0 Å². The van der Waals surface area contributed by atoms with E-state index in [9.17, 15) is 0 Å². The molecule has 3 nitrogen and oxygen atoms in total. The maximum atomic E-state index is 4.41. The van der Waals surface area contributed by atoms with E-state index < -0.39 is 0 Å². The Morgan fingerprint density at radius 1 is 1.35 bits per heavy atom. The second kappa shape index (κ2) is 5.80. The quantitative estimate of drug-likeness (QED) is 0.899. The number of aryl methyl sites for hydroxylation is 1. The molecule has 1 aliphatic carbocycles. The van der Waals surface area contributed by atoms with Gasteiger partial charge in [-0.05, 0) is 49.4 Å². The molecule has 20 heavy (non-hydrogen) atoms. The average molecular weight is 269 g/mol. The van der Waals surface area contributed by atoms with Gasteiger partial charge in [-0.15, -0.1) is 0 Å². The SMILES string of the molecule is CCCNC1CCc2c(-c3cnn(CC)c3)cccc21. The molecule has 1 heterocycles. The fourth-order valence-corrected chi connectivity index (χ4v) is 3.13. The van der Waals surface area contributed by atoms with Gasteiger partial charge in [-0.1, -0.05) is 25.1 Å². The van der Waals surface area contributed by atoms with Crippen molar-refractivity contribution in [3.8, 4) is 11.1 Å². The third-order valence-electron chi connectivity index (χ3n) is 4.18. The molecule has 0 amide bonds. The van der Waals surface area contributed by atoms with E-state index in [0.29, 0.717) is 6.04 Å². The Morgan fingerprint density at radius 2 is 2.25 bits per heavy atom. The van der Waals surface area contributed by atoms with Gasteiger partial charge >= 0.3 is 0 Å². The van der Waals surface area contributed by atoms with Gasteiger partial charge in [-0.3, -0.25) is 4.68 Å². The summed E-state index contributed by atoms with van der Waals surface area (Å²) < 4.78 is 2.00. The van der Waals surface area contributed by atoms with Crippen molar-refractivity contribution in [1.29, 1.82) is 0 Å². The highest BCUT2D eigenvalue weighted by Crippen LogP contribution is 2.37. The minimum Gasteiger partial charge on any atom is -0.310 e. The number of nitrogens with one attached hydrogen (secondary N) is 1.